The van der Waals surface area contributed by atoms with Crippen molar-refractivity contribution in [2.45, 2.75) is 38.0 Å². The van der Waals surface area contributed by atoms with Gasteiger partial charge in [-0.15, -0.1) is 11.8 Å². The highest BCUT2D eigenvalue weighted by atomic mass is 32.2. The summed E-state index contributed by atoms with van der Waals surface area (Å²) in [5.41, 5.74) is -0.942. The molecule has 2 atom stereocenters. The molecule has 0 saturated carbocycles. The van der Waals surface area contributed by atoms with Crippen LogP contribution in [0, 0.1) is 0 Å². The maximum absolute atomic E-state index is 11.9. The lowest BCUT2D eigenvalue weighted by Crippen LogP contribution is -2.32. The molecule has 1 aliphatic heterocycles. The molecule has 0 aromatic carbocycles. The van der Waals surface area contributed by atoms with E-state index in [1.165, 1.54) is 16.8 Å². The van der Waals surface area contributed by atoms with Gasteiger partial charge in [0.1, 0.15) is 6.10 Å². The van der Waals surface area contributed by atoms with Crippen LogP contribution in [-0.2, 0) is 4.74 Å². The number of rotatable bonds is 6. The Labute approximate surface area is 134 Å². The molecule has 0 fully saturated rings. The summed E-state index contributed by atoms with van der Waals surface area (Å²) in [4.78, 5) is 26.3. The Morgan fingerprint density at radius 1 is 1.41 bits per heavy atom. The Kier molecular flexibility index (Phi) is 5.49. The number of nitrogens with one attached hydrogen (secondary N) is 1. The van der Waals surface area contributed by atoms with E-state index in [-0.39, 0.29) is 6.61 Å². The molecule has 2 heterocycles. The van der Waals surface area contributed by atoms with Gasteiger partial charge in [-0.05, 0) is 17.9 Å². The highest BCUT2D eigenvalue weighted by Gasteiger charge is 2.29. The van der Waals surface area contributed by atoms with Crippen LogP contribution in [0.15, 0.2) is 32.8 Å². The van der Waals surface area contributed by atoms with E-state index in [1.54, 1.807) is 11.8 Å². The van der Waals surface area contributed by atoms with Crippen molar-refractivity contribution in [2.75, 3.05) is 12.4 Å². The molecular weight excluding hydrogens is 320 g/mol. The lowest BCUT2D eigenvalue weighted by molar-refractivity contribution is -0.0116. The van der Waals surface area contributed by atoms with E-state index >= 15 is 0 Å². The Morgan fingerprint density at radius 3 is 2.73 bits per heavy atom. The molecule has 122 valence electrons. The lowest BCUT2D eigenvalue weighted by Gasteiger charge is -2.19. The molecule has 2 N–H and O–H groups in total. The molecule has 8 heteroatoms. The number of aromatic nitrogens is 2. The summed E-state index contributed by atoms with van der Waals surface area (Å²) < 4.78 is 7.05. The molecule has 1 aromatic heterocycles. The molecule has 0 saturated heterocycles. The number of nitrogens with zero attached hydrogens (tertiary/aromatic N) is 1. The topological polar surface area (TPSA) is 84.3 Å². The normalized spacial score (nSPS) is 21.9. The molecule has 0 radical (unpaired) electrons. The maximum Gasteiger partial charge on any atom is 0.330 e. The van der Waals surface area contributed by atoms with Gasteiger partial charge in [0.25, 0.3) is 5.56 Å². The molecule has 22 heavy (non-hydrogen) atoms. The molecule has 0 spiro atoms. The molecule has 0 bridgehead atoms. The van der Waals surface area contributed by atoms with Crippen molar-refractivity contribution in [3.05, 3.63) is 44.1 Å². The predicted molar refractivity (Wildman–Crippen MR) is 91.0 cm³/mol. The van der Waals surface area contributed by atoms with Crippen molar-refractivity contribution < 1.29 is 9.84 Å². The van der Waals surface area contributed by atoms with E-state index in [0.29, 0.717) is 0 Å². The second kappa shape index (κ2) is 6.99. The van der Waals surface area contributed by atoms with Gasteiger partial charge in [0, 0.05) is 25.2 Å². The van der Waals surface area contributed by atoms with Crippen LogP contribution in [0.1, 0.15) is 6.23 Å². The molecule has 1 aliphatic rings. The molecule has 0 aliphatic carbocycles. The fraction of sp³-hybridized carbons (Fsp3) is 0.571. The van der Waals surface area contributed by atoms with E-state index in [4.69, 9.17) is 4.74 Å². The fourth-order valence-electron chi connectivity index (χ4n) is 2.04. The van der Waals surface area contributed by atoms with Crippen LogP contribution in [0.3, 0.4) is 0 Å². The van der Waals surface area contributed by atoms with E-state index < -0.39 is 31.7 Å². The molecule has 2 unspecified atom stereocenters. The Bertz CT molecular complexity index is 662. The minimum Gasteiger partial charge on any atom is -0.393 e. The van der Waals surface area contributed by atoms with Gasteiger partial charge < -0.3 is 9.84 Å². The summed E-state index contributed by atoms with van der Waals surface area (Å²) in [6, 6.07) is 2.45. The van der Waals surface area contributed by atoms with Gasteiger partial charge in [0.15, 0.2) is 6.23 Å². The number of hydrogen-bond donors (Lipinski definition) is 2. The highest BCUT2D eigenvalue weighted by Crippen LogP contribution is 2.36. The number of ether oxygens (including phenoxy) is 1. The van der Waals surface area contributed by atoms with Crippen molar-refractivity contribution in [2.24, 2.45) is 0 Å². The van der Waals surface area contributed by atoms with E-state index in [9.17, 15) is 14.7 Å². The van der Waals surface area contributed by atoms with E-state index in [0.717, 1.165) is 16.7 Å². The first-order valence-electron chi connectivity index (χ1n) is 7.22. The number of hydrogen-bond acceptors (Lipinski definition) is 5. The quantitative estimate of drug-likeness (QED) is 0.763. The second-order valence-electron chi connectivity index (χ2n) is 6.46. The van der Waals surface area contributed by atoms with Crippen LogP contribution in [0.4, 0.5) is 0 Å². The predicted octanol–water partition coefficient (Wildman–Crippen LogP) is 1.38. The molecule has 0 amide bonds. The van der Waals surface area contributed by atoms with Crippen molar-refractivity contribution in [1.29, 1.82) is 0 Å². The number of thioether (sulfide) groups is 1. The molecule has 2 rings (SSSR count). The third-order valence-electron chi connectivity index (χ3n) is 3.30. The average molecular weight is 342 g/mol. The van der Waals surface area contributed by atoms with Crippen LogP contribution in [0.25, 0.3) is 0 Å². The SMILES string of the molecule is C[Si](C)(C)CCSC1=CC(CO)OC1n1ccc(=O)[nH]c1=O. The Hall–Kier alpha value is -1.09. The molecule has 1 aromatic rings. The Morgan fingerprint density at radius 2 is 2.14 bits per heavy atom. The smallest absolute Gasteiger partial charge is 0.330 e. The zero-order valence-corrected chi connectivity index (χ0v) is 14.9. The standard InChI is InChI=1S/C14H22N2O4SSi/c1-22(2,3)7-6-21-11-8-10(9-17)20-13(11)16-5-4-12(18)15-14(16)19/h4-5,8,10,13,17H,6-7,9H2,1-3H3,(H,15,18,19). The third kappa shape index (κ3) is 4.45. The lowest BCUT2D eigenvalue weighted by atomic mass is 10.4. The molecule has 6 nitrogen and oxygen atoms in total. The van der Waals surface area contributed by atoms with Crippen LogP contribution in [-0.4, -0.2) is 41.2 Å². The summed E-state index contributed by atoms with van der Waals surface area (Å²) in [6.07, 6.45) is 2.29. The average Bonchev–Trinajstić information content (AvgIpc) is 2.80. The Balaban J connectivity index is 2.17. The van der Waals surface area contributed by atoms with Gasteiger partial charge >= 0.3 is 5.69 Å². The van der Waals surface area contributed by atoms with Gasteiger partial charge in [0.05, 0.1) is 6.61 Å². The van der Waals surface area contributed by atoms with Gasteiger partial charge in [0.2, 0.25) is 0 Å². The number of H-pyrrole nitrogens is 1. The summed E-state index contributed by atoms with van der Waals surface area (Å²) in [5, 5.41) is 9.30. The van der Waals surface area contributed by atoms with Gasteiger partial charge in [-0.1, -0.05) is 19.6 Å². The van der Waals surface area contributed by atoms with Crippen molar-refractivity contribution >= 4 is 19.8 Å². The minimum absolute atomic E-state index is 0.132. The third-order valence-corrected chi connectivity index (χ3v) is 6.49. The first-order valence-corrected chi connectivity index (χ1v) is 11.9. The van der Waals surface area contributed by atoms with Gasteiger partial charge in [-0.3, -0.25) is 14.3 Å². The van der Waals surface area contributed by atoms with Crippen molar-refractivity contribution in [3.63, 3.8) is 0 Å². The maximum atomic E-state index is 11.9. The highest BCUT2D eigenvalue weighted by molar-refractivity contribution is 8.03. The van der Waals surface area contributed by atoms with Gasteiger partial charge in [-0.25, -0.2) is 4.79 Å². The van der Waals surface area contributed by atoms with Crippen molar-refractivity contribution in [1.82, 2.24) is 9.55 Å². The van der Waals surface area contributed by atoms with Crippen LogP contribution in [0.5, 0.6) is 0 Å². The number of aliphatic hydroxyl groups is 1. The fourth-order valence-corrected chi connectivity index (χ4v) is 5.70. The van der Waals surface area contributed by atoms with Crippen LogP contribution >= 0.6 is 11.8 Å². The number of aromatic amines is 1. The summed E-state index contributed by atoms with van der Waals surface area (Å²) in [6.45, 7) is 6.81. The number of aliphatic hydroxyl groups excluding tert-OH is 1. The molecular formula is C14H22N2O4SSi. The van der Waals surface area contributed by atoms with Crippen LogP contribution < -0.4 is 11.2 Å². The summed E-state index contributed by atoms with van der Waals surface area (Å²) >= 11 is 1.65. The zero-order chi connectivity index (χ0) is 16.3. The largest absolute Gasteiger partial charge is 0.393 e. The summed E-state index contributed by atoms with van der Waals surface area (Å²) in [5.74, 6) is 0.956. The zero-order valence-electron chi connectivity index (χ0n) is 13.0. The summed E-state index contributed by atoms with van der Waals surface area (Å²) in [7, 11) is -1.13. The second-order valence-corrected chi connectivity index (χ2v) is 13.2. The van der Waals surface area contributed by atoms with Gasteiger partial charge in [-0.2, -0.15) is 0 Å². The van der Waals surface area contributed by atoms with Crippen LogP contribution in [0.2, 0.25) is 25.7 Å². The van der Waals surface area contributed by atoms with E-state index in [2.05, 4.69) is 24.6 Å². The van der Waals surface area contributed by atoms with E-state index in [1.807, 2.05) is 6.08 Å². The first kappa shape index (κ1) is 17.3. The first-order chi connectivity index (χ1) is 10.3. The van der Waals surface area contributed by atoms with Crippen molar-refractivity contribution in [3.8, 4) is 0 Å². The minimum atomic E-state index is -1.13. The monoisotopic (exact) mass is 342 g/mol.